The van der Waals surface area contributed by atoms with Gasteiger partial charge in [0.15, 0.2) is 0 Å². The molecule has 0 bridgehead atoms. The van der Waals surface area contributed by atoms with E-state index in [0.29, 0.717) is 5.30 Å². The molecule has 10 heavy (non-hydrogen) atoms. The third-order valence-corrected chi connectivity index (χ3v) is 1.72. The van der Waals surface area contributed by atoms with Gasteiger partial charge in [0.1, 0.15) is 0 Å². The number of rotatable bonds is 1. The summed E-state index contributed by atoms with van der Waals surface area (Å²) in [4.78, 5) is 8.53. The van der Waals surface area contributed by atoms with Gasteiger partial charge in [0, 0.05) is 17.1 Å². The Kier molecular flexibility index (Phi) is 4.50. The van der Waals surface area contributed by atoms with E-state index in [1.165, 1.54) is 0 Å². The van der Waals surface area contributed by atoms with Crippen LogP contribution in [0.4, 0.5) is 0 Å². The van der Waals surface area contributed by atoms with Crippen molar-refractivity contribution in [3.8, 4) is 0 Å². The Morgan fingerprint density at radius 1 is 1.20 bits per heavy atom. The van der Waals surface area contributed by atoms with Crippen LogP contribution in [0.1, 0.15) is 0 Å². The molecule has 0 saturated carbocycles. The standard InChI is InChI=1S/C6H5O2P.Fe/c7-9(8)6-4-2-1-3-5-6;/h1-5H;/p+1. The fourth-order valence-electron chi connectivity index (χ4n) is 0.556. The third kappa shape index (κ3) is 2.59. The van der Waals surface area contributed by atoms with Crippen LogP contribution in [-0.2, 0) is 21.6 Å². The van der Waals surface area contributed by atoms with E-state index < -0.39 is 8.03 Å². The van der Waals surface area contributed by atoms with E-state index in [1.807, 2.05) is 6.07 Å². The van der Waals surface area contributed by atoms with Crippen molar-refractivity contribution < 1.29 is 26.5 Å². The smallest absolute Gasteiger partial charge is 0.156 e. The zero-order chi connectivity index (χ0) is 6.69. The summed E-state index contributed by atoms with van der Waals surface area (Å²) in [5.74, 6) is 0. The molecule has 0 fully saturated rings. The van der Waals surface area contributed by atoms with Crippen molar-refractivity contribution in [3.05, 3.63) is 30.3 Å². The summed E-state index contributed by atoms with van der Waals surface area (Å²) in [6.45, 7) is 0. The van der Waals surface area contributed by atoms with Gasteiger partial charge in [-0.25, -0.2) is 0 Å². The molecule has 1 rings (SSSR count). The molecule has 2 nitrogen and oxygen atoms in total. The van der Waals surface area contributed by atoms with Crippen molar-refractivity contribution in [1.82, 2.24) is 0 Å². The summed E-state index contributed by atoms with van der Waals surface area (Å²) in [6, 6.07) is 8.53. The van der Waals surface area contributed by atoms with Gasteiger partial charge >= 0.3 is 8.03 Å². The minimum Gasteiger partial charge on any atom is -0.156 e. The van der Waals surface area contributed by atoms with Crippen LogP contribution in [-0.4, -0.2) is 4.89 Å². The van der Waals surface area contributed by atoms with Crippen LogP contribution in [0.5, 0.6) is 0 Å². The molecule has 4 heteroatoms. The van der Waals surface area contributed by atoms with Crippen LogP contribution in [0, 0.1) is 0 Å². The van der Waals surface area contributed by atoms with Crippen LogP contribution in [0.25, 0.3) is 0 Å². The van der Waals surface area contributed by atoms with E-state index >= 15 is 0 Å². The second kappa shape index (κ2) is 4.59. The predicted molar refractivity (Wildman–Crippen MR) is 35.9 cm³/mol. The van der Waals surface area contributed by atoms with Crippen LogP contribution < -0.4 is 5.30 Å². The summed E-state index contributed by atoms with van der Waals surface area (Å²) in [7, 11) is -2.15. The van der Waals surface area contributed by atoms with Gasteiger partial charge in [0.25, 0.3) is 0 Å². The molecule has 0 aliphatic heterocycles. The molecular weight excluding hydrogens is 191 g/mol. The van der Waals surface area contributed by atoms with Crippen LogP contribution in [0.2, 0.25) is 0 Å². The number of hydrogen-bond acceptors (Lipinski definition) is 1. The largest absolute Gasteiger partial charge is 0.546 e. The molecule has 1 atom stereocenters. The Morgan fingerprint density at radius 2 is 1.70 bits per heavy atom. The minimum atomic E-state index is -2.15. The van der Waals surface area contributed by atoms with Crippen molar-refractivity contribution >= 4 is 13.3 Å². The summed E-state index contributed by atoms with van der Waals surface area (Å²) >= 11 is 0. The van der Waals surface area contributed by atoms with Crippen LogP contribution >= 0.6 is 8.03 Å². The second-order valence-corrected chi connectivity index (χ2v) is 2.67. The first-order valence-corrected chi connectivity index (χ1v) is 3.73. The van der Waals surface area contributed by atoms with Crippen molar-refractivity contribution in [2.75, 3.05) is 0 Å². The first-order valence-electron chi connectivity index (χ1n) is 2.52. The Hall–Kier alpha value is -0.201. The summed E-state index contributed by atoms with van der Waals surface area (Å²) < 4.78 is 10.3. The fourth-order valence-corrected chi connectivity index (χ4v) is 0.983. The predicted octanol–water partition coefficient (Wildman–Crippen LogP) is 1.04. The Morgan fingerprint density at radius 3 is 2.00 bits per heavy atom. The molecular formula is C6H6FeO2P+. The molecule has 0 saturated heterocycles. The van der Waals surface area contributed by atoms with Gasteiger partial charge < -0.3 is 0 Å². The molecule has 0 heterocycles. The zero-order valence-corrected chi connectivity index (χ0v) is 7.04. The maximum absolute atomic E-state index is 10.3. The molecule has 0 radical (unpaired) electrons. The van der Waals surface area contributed by atoms with Gasteiger partial charge in [-0.3, -0.25) is 0 Å². The van der Waals surface area contributed by atoms with Gasteiger partial charge in [0.2, 0.25) is 5.30 Å². The number of benzene rings is 1. The normalized spacial score (nSPS) is 9.90. The van der Waals surface area contributed by atoms with Gasteiger partial charge in [-0.1, -0.05) is 18.2 Å². The number of hydrogen-bond donors (Lipinski definition) is 1. The zero-order valence-electron chi connectivity index (χ0n) is 5.04. The van der Waals surface area contributed by atoms with E-state index in [4.69, 9.17) is 4.89 Å². The SMILES string of the molecule is O=[P+](O)c1ccccc1.[Fe]. The van der Waals surface area contributed by atoms with Crippen molar-refractivity contribution in [3.63, 3.8) is 0 Å². The van der Waals surface area contributed by atoms with E-state index in [0.717, 1.165) is 0 Å². The molecule has 1 aromatic rings. The molecule has 0 spiro atoms. The van der Waals surface area contributed by atoms with Crippen molar-refractivity contribution in [1.29, 1.82) is 0 Å². The maximum atomic E-state index is 10.3. The van der Waals surface area contributed by atoms with E-state index in [2.05, 4.69) is 0 Å². The van der Waals surface area contributed by atoms with Crippen molar-refractivity contribution in [2.45, 2.75) is 0 Å². The molecule has 54 valence electrons. The van der Waals surface area contributed by atoms with Gasteiger partial charge in [-0.15, -0.1) is 0 Å². The van der Waals surface area contributed by atoms with Gasteiger partial charge in [-0.05, 0) is 16.7 Å². The average Bonchev–Trinajstić information content (AvgIpc) is 1.90. The summed E-state index contributed by atoms with van der Waals surface area (Å²) in [6.07, 6.45) is 0. The van der Waals surface area contributed by atoms with E-state index in [9.17, 15) is 4.57 Å². The fraction of sp³-hybridized carbons (Fsp3) is 0. The third-order valence-electron chi connectivity index (χ3n) is 0.977. The molecule has 1 unspecified atom stereocenters. The Balaban J connectivity index is 0.000000810. The van der Waals surface area contributed by atoms with Gasteiger partial charge in [0.05, 0.1) is 0 Å². The molecule has 0 amide bonds. The topological polar surface area (TPSA) is 37.3 Å². The summed E-state index contributed by atoms with van der Waals surface area (Å²) in [5.41, 5.74) is 0. The maximum Gasteiger partial charge on any atom is 0.546 e. The van der Waals surface area contributed by atoms with Crippen LogP contribution in [0.15, 0.2) is 30.3 Å². The van der Waals surface area contributed by atoms with Crippen LogP contribution in [0.3, 0.4) is 0 Å². The van der Waals surface area contributed by atoms with E-state index in [-0.39, 0.29) is 17.1 Å². The quantitative estimate of drug-likeness (QED) is 0.539. The Labute approximate surface area is 70.6 Å². The summed E-state index contributed by atoms with van der Waals surface area (Å²) in [5, 5.41) is 0.479. The average molecular weight is 197 g/mol. The second-order valence-electron chi connectivity index (χ2n) is 1.61. The molecule has 1 N–H and O–H groups in total. The molecule has 0 aliphatic carbocycles. The minimum absolute atomic E-state index is 0. The first kappa shape index (κ1) is 9.80. The molecule has 0 aromatic heterocycles. The van der Waals surface area contributed by atoms with Gasteiger partial charge in [-0.2, -0.15) is 4.89 Å². The molecule has 0 aliphatic rings. The molecule has 1 aromatic carbocycles. The van der Waals surface area contributed by atoms with Crippen molar-refractivity contribution in [2.24, 2.45) is 0 Å². The Bertz CT molecular complexity index is 212. The first-order chi connectivity index (χ1) is 4.30. The monoisotopic (exact) mass is 197 g/mol. The van der Waals surface area contributed by atoms with E-state index in [1.54, 1.807) is 24.3 Å².